The van der Waals surface area contributed by atoms with Crippen LogP contribution in [-0.4, -0.2) is 42.1 Å². The number of methoxy groups -OCH3 is 1. The van der Waals surface area contributed by atoms with E-state index in [1.165, 1.54) is 24.1 Å². The molecule has 25 heavy (non-hydrogen) atoms. The third kappa shape index (κ3) is 3.32. The summed E-state index contributed by atoms with van der Waals surface area (Å²) in [7, 11) is 1.21. The van der Waals surface area contributed by atoms with Gasteiger partial charge in [0, 0.05) is 13.1 Å². The first-order valence-electron chi connectivity index (χ1n) is 8.42. The predicted molar refractivity (Wildman–Crippen MR) is 85.5 cm³/mol. The van der Waals surface area contributed by atoms with Gasteiger partial charge in [-0.05, 0) is 37.3 Å². The Morgan fingerprint density at radius 1 is 1.32 bits per heavy atom. The number of carboxylic acid groups (broad SMARTS) is 1. The lowest BCUT2D eigenvalue weighted by Gasteiger charge is -2.40. The van der Waals surface area contributed by atoms with Crippen LogP contribution in [0.25, 0.3) is 0 Å². The van der Waals surface area contributed by atoms with Crippen LogP contribution in [0.3, 0.4) is 0 Å². The van der Waals surface area contributed by atoms with E-state index in [4.69, 9.17) is 4.74 Å². The van der Waals surface area contributed by atoms with Gasteiger partial charge >= 0.3 is 5.97 Å². The fourth-order valence-corrected chi connectivity index (χ4v) is 3.63. The van der Waals surface area contributed by atoms with Crippen molar-refractivity contribution in [3.05, 3.63) is 29.3 Å². The number of rotatable bonds is 5. The fraction of sp³-hybridized carbons (Fsp3) is 0.556. The summed E-state index contributed by atoms with van der Waals surface area (Å²) in [5, 5.41) is 9.71. The zero-order valence-electron chi connectivity index (χ0n) is 14.1. The van der Waals surface area contributed by atoms with Gasteiger partial charge in [-0.25, -0.2) is 4.39 Å². The summed E-state index contributed by atoms with van der Waals surface area (Å²) in [6.45, 7) is 0.371. The molecule has 3 rings (SSSR count). The Kier molecular flexibility index (Phi) is 4.67. The highest BCUT2D eigenvalue weighted by molar-refractivity contribution is 5.95. The van der Waals surface area contributed by atoms with Crippen molar-refractivity contribution in [3.63, 3.8) is 0 Å². The minimum atomic E-state index is -1.27. The molecule has 5 nitrogen and oxygen atoms in total. The lowest BCUT2D eigenvalue weighted by molar-refractivity contribution is -0.152. The van der Waals surface area contributed by atoms with Gasteiger partial charge in [-0.15, -0.1) is 0 Å². The number of ether oxygens (including phenoxy) is 1. The maximum atomic E-state index is 14.2. The Hall–Kier alpha value is -2.18. The molecule has 1 aliphatic carbocycles. The topological polar surface area (TPSA) is 66.8 Å². The minimum absolute atomic E-state index is 0.0325. The number of carbonyl (C=O) groups is 2. The zero-order valence-corrected chi connectivity index (χ0v) is 14.1. The van der Waals surface area contributed by atoms with Crippen LogP contribution in [-0.2, 0) is 4.79 Å². The molecule has 2 aliphatic rings. The molecule has 0 bridgehead atoms. The second kappa shape index (κ2) is 6.61. The molecule has 7 heteroatoms. The number of likely N-dealkylation sites (tertiary alicyclic amines) is 1. The minimum Gasteiger partial charge on any atom is -0.494 e. The summed E-state index contributed by atoms with van der Waals surface area (Å²) < 4.78 is 32.8. The number of carboxylic acids is 1. The Bertz CT molecular complexity index is 705. The van der Waals surface area contributed by atoms with Gasteiger partial charge < -0.3 is 14.7 Å². The molecule has 0 radical (unpaired) electrons. The number of benzene rings is 1. The smallest absolute Gasteiger partial charge is 0.311 e. The highest BCUT2D eigenvalue weighted by Gasteiger charge is 2.47. The van der Waals surface area contributed by atoms with Crippen LogP contribution in [0.4, 0.5) is 8.78 Å². The molecule has 0 spiro atoms. The number of hydrogen-bond donors (Lipinski definition) is 1. The van der Waals surface area contributed by atoms with Crippen molar-refractivity contribution in [3.8, 4) is 5.75 Å². The highest BCUT2D eigenvalue weighted by atomic mass is 19.2. The van der Waals surface area contributed by atoms with Crippen LogP contribution >= 0.6 is 0 Å². The van der Waals surface area contributed by atoms with E-state index in [2.05, 4.69) is 0 Å². The Morgan fingerprint density at radius 2 is 2.04 bits per heavy atom. The van der Waals surface area contributed by atoms with E-state index in [9.17, 15) is 23.5 Å². The third-order valence-corrected chi connectivity index (χ3v) is 5.19. The summed E-state index contributed by atoms with van der Waals surface area (Å²) in [6, 6.07) is 2.38. The van der Waals surface area contributed by atoms with E-state index in [1.807, 2.05) is 0 Å². The van der Waals surface area contributed by atoms with Crippen molar-refractivity contribution >= 4 is 11.9 Å². The van der Waals surface area contributed by atoms with Crippen molar-refractivity contribution in [1.82, 2.24) is 4.90 Å². The molecule has 1 aromatic rings. The number of hydrogen-bond acceptors (Lipinski definition) is 3. The number of nitrogens with zero attached hydrogens (tertiary/aromatic N) is 1. The van der Waals surface area contributed by atoms with Crippen LogP contribution < -0.4 is 4.74 Å². The average molecular weight is 353 g/mol. The molecule has 136 valence electrons. The first-order valence-corrected chi connectivity index (χ1v) is 8.42. The molecule has 1 atom stereocenters. The van der Waals surface area contributed by atoms with Crippen LogP contribution in [0.1, 0.15) is 42.5 Å². The lowest BCUT2D eigenvalue weighted by Crippen LogP contribution is -2.50. The molecule has 1 aliphatic heterocycles. The Balaban J connectivity index is 1.84. The van der Waals surface area contributed by atoms with Crippen LogP contribution in [0.5, 0.6) is 5.75 Å². The van der Waals surface area contributed by atoms with E-state index in [-0.39, 0.29) is 12.3 Å². The third-order valence-electron chi connectivity index (χ3n) is 5.19. The van der Waals surface area contributed by atoms with Gasteiger partial charge in [-0.1, -0.05) is 12.8 Å². The summed E-state index contributed by atoms with van der Waals surface area (Å²) in [4.78, 5) is 25.9. The lowest BCUT2D eigenvalue weighted by atomic mass is 9.75. The van der Waals surface area contributed by atoms with Gasteiger partial charge in [0.2, 0.25) is 5.82 Å². The maximum absolute atomic E-state index is 14.2. The molecule has 0 aromatic heterocycles. The number of halogens is 2. The molecular weight excluding hydrogens is 332 g/mol. The van der Waals surface area contributed by atoms with Crippen molar-refractivity contribution in [2.75, 3.05) is 20.2 Å². The maximum Gasteiger partial charge on any atom is 0.311 e. The monoisotopic (exact) mass is 353 g/mol. The average Bonchev–Trinajstić information content (AvgIpc) is 3.40. The Labute approximate surface area is 144 Å². The summed E-state index contributed by atoms with van der Waals surface area (Å²) in [5.74, 6) is -3.97. The molecular formula is C18H21F2NO4. The van der Waals surface area contributed by atoms with Gasteiger partial charge in [0.15, 0.2) is 11.6 Å². The van der Waals surface area contributed by atoms with Gasteiger partial charge in [0.1, 0.15) is 0 Å². The predicted octanol–water partition coefficient (Wildman–Crippen LogP) is 3.08. The number of carbonyl (C=O) groups excluding carboxylic acids is 1. The van der Waals surface area contributed by atoms with Crippen molar-refractivity contribution in [2.45, 2.75) is 32.1 Å². The SMILES string of the molecule is COc1ccc(C(=O)N2CCCC(CC3CC3)(C(=O)O)C2)c(F)c1F. The van der Waals surface area contributed by atoms with Crippen LogP contribution in [0, 0.1) is 23.0 Å². The van der Waals surface area contributed by atoms with Crippen LogP contribution in [0.2, 0.25) is 0 Å². The van der Waals surface area contributed by atoms with E-state index in [0.29, 0.717) is 31.7 Å². The standard InChI is InChI=1S/C18H21F2NO4/c1-25-13-6-5-12(14(19)15(13)20)16(22)21-8-2-7-18(10-21,17(23)24)9-11-3-4-11/h5-6,11H,2-4,7-10H2,1H3,(H,23,24). The molecule has 1 amide bonds. The summed E-state index contributed by atoms with van der Waals surface area (Å²) in [6.07, 6.45) is 3.60. The number of aliphatic carboxylic acids is 1. The van der Waals surface area contributed by atoms with Gasteiger partial charge in [0.05, 0.1) is 18.1 Å². The molecule has 1 heterocycles. The summed E-state index contributed by atoms with van der Waals surface area (Å²) in [5.41, 5.74) is -1.39. The first kappa shape index (κ1) is 17.6. The van der Waals surface area contributed by atoms with Crippen molar-refractivity contribution in [2.24, 2.45) is 11.3 Å². The van der Waals surface area contributed by atoms with E-state index >= 15 is 0 Å². The molecule has 1 N–H and O–H groups in total. The van der Waals surface area contributed by atoms with E-state index < -0.39 is 34.5 Å². The van der Waals surface area contributed by atoms with Gasteiger partial charge in [-0.3, -0.25) is 9.59 Å². The first-order chi connectivity index (χ1) is 11.9. The van der Waals surface area contributed by atoms with E-state index in [0.717, 1.165) is 12.8 Å². The fourth-order valence-electron chi connectivity index (χ4n) is 3.63. The van der Waals surface area contributed by atoms with Crippen LogP contribution in [0.15, 0.2) is 12.1 Å². The molecule has 1 unspecified atom stereocenters. The van der Waals surface area contributed by atoms with Crippen molar-refractivity contribution < 1.29 is 28.2 Å². The quantitative estimate of drug-likeness (QED) is 0.883. The molecule has 1 saturated heterocycles. The van der Waals surface area contributed by atoms with Gasteiger partial charge in [0.25, 0.3) is 5.91 Å². The number of amides is 1. The Morgan fingerprint density at radius 3 is 2.64 bits per heavy atom. The molecule has 1 aromatic carbocycles. The van der Waals surface area contributed by atoms with Gasteiger partial charge in [-0.2, -0.15) is 4.39 Å². The number of piperidine rings is 1. The largest absolute Gasteiger partial charge is 0.494 e. The van der Waals surface area contributed by atoms with E-state index in [1.54, 1.807) is 0 Å². The van der Waals surface area contributed by atoms with Crippen molar-refractivity contribution in [1.29, 1.82) is 0 Å². The molecule has 2 fully saturated rings. The second-order valence-electron chi connectivity index (χ2n) is 7.01. The normalized spacial score (nSPS) is 23.4. The molecule has 1 saturated carbocycles. The second-order valence-corrected chi connectivity index (χ2v) is 7.01. The highest BCUT2D eigenvalue weighted by Crippen LogP contribution is 2.45. The zero-order chi connectivity index (χ0) is 18.2. The summed E-state index contributed by atoms with van der Waals surface area (Å²) >= 11 is 0.